The maximum absolute atomic E-state index is 13.3. The largest absolute Gasteiger partial charge is 0.573 e. The van der Waals surface area contributed by atoms with Gasteiger partial charge in [-0.15, -0.1) is 13.2 Å². The number of amides is 1. The van der Waals surface area contributed by atoms with Crippen molar-refractivity contribution in [3.8, 4) is 17.0 Å². The van der Waals surface area contributed by atoms with Gasteiger partial charge in [0.15, 0.2) is 5.69 Å². The van der Waals surface area contributed by atoms with Crippen LogP contribution in [0.1, 0.15) is 10.5 Å². The highest BCUT2D eigenvalue weighted by Crippen LogP contribution is 2.35. The van der Waals surface area contributed by atoms with E-state index in [1.54, 1.807) is 12.1 Å². The summed E-state index contributed by atoms with van der Waals surface area (Å²) in [6.07, 6.45) is 0.273. The van der Waals surface area contributed by atoms with Gasteiger partial charge in [-0.3, -0.25) is 14.8 Å². The van der Waals surface area contributed by atoms with Gasteiger partial charge in [-0.2, -0.15) is 4.31 Å². The minimum atomic E-state index is -5.16. The zero-order chi connectivity index (χ0) is 25.9. The van der Waals surface area contributed by atoms with Gasteiger partial charge in [-0.25, -0.2) is 13.4 Å². The number of nitrogens with one attached hydrogen (secondary N) is 1. The molecule has 14 heteroatoms. The molecule has 1 fully saturated rings. The van der Waals surface area contributed by atoms with Gasteiger partial charge in [-0.1, -0.05) is 6.07 Å². The van der Waals surface area contributed by atoms with E-state index in [9.17, 15) is 26.4 Å². The molecule has 10 nitrogen and oxygen atoms in total. The lowest BCUT2D eigenvalue weighted by Gasteiger charge is -2.32. The number of carbonyl (C=O) groups is 1. The number of alkyl halides is 3. The lowest BCUT2D eigenvalue weighted by atomic mass is 10.1. The van der Waals surface area contributed by atoms with Gasteiger partial charge < -0.3 is 15.0 Å². The summed E-state index contributed by atoms with van der Waals surface area (Å²) in [4.78, 5) is 26.1. The molecule has 1 saturated heterocycles. The minimum Gasteiger partial charge on any atom is -0.404 e. The van der Waals surface area contributed by atoms with Crippen LogP contribution in [0.3, 0.4) is 0 Å². The molecule has 2 aromatic heterocycles. The maximum Gasteiger partial charge on any atom is 0.573 e. The van der Waals surface area contributed by atoms with Crippen LogP contribution in [-0.4, -0.2) is 78.1 Å². The van der Waals surface area contributed by atoms with Crippen molar-refractivity contribution >= 4 is 21.6 Å². The van der Waals surface area contributed by atoms with E-state index in [1.165, 1.54) is 30.9 Å². The van der Waals surface area contributed by atoms with Crippen molar-refractivity contribution < 1.29 is 31.1 Å². The molecule has 0 radical (unpaired) electrons. The Kier molecular flexibility index (Phi) is 7.19. The summed E-state index contributed by atoms with van der Waals surface area (Å²) in [7, 11) is -2.48. The number of anilines is 1. The molecule has 36 heavy (non-hydrogen) atoms. The summed E-state index contributed by atoms with van der Waals surface area (Å²) < 4.78 is 71.4. The number of sulfonamides is 1. The average Bonchev–Trinajstić information content (AvgIpc) is 2.84. The third-order valence-corrected chi connectivity index (χ3v) is 7.29. The van der Waals surface area contributed by atoms with Crippen LogP contribution in [0, 0.1) is 0 Å². The number of rotatable bonds is 6. The predicted octanol–water partition coefficient (Wildman–Crippen LogP) is 2.63. The van der Waals surface area contributed by atoms with Crippen LogP contribution in [0.2, 0.25) is 0 Å². The van der Waals surface area contributed by atoms with Crippen LogP contribution in [0.5, 0.6) is 5.75 Å². The van der Waals surface area contributed by atoms with Gasteiger partial charge in [-0.05, 0) is 31.3 Å². The summed E-state index contributed by atoms with van der Waals surface area (Å²) >= 11 is 0. The van der Waals surface area contributed by atoms with Crippen molar-refractivity contribution in [2.24, 2.45) is 0 Å². The van der Waals surface area contributed by atoms with Crippen LogP contribution in [0.15, 0.2) is 60.0 Å². The number of halogens is 3. The quantitative estimate of drug-likeness (QED) is 0.525. The monoisotopic (exact) mass is 522 g/mol. The van der Waals surface area contributed by atoms with E-state index in [4.69, 9.17) is 0 Å². The molecule has 0 unspecified atom stereocenters. The highest BCUT2D eigenvalue weighted by atomic mass is 32.2. The number of hydrogen-bond acceptors (Lipinski definition) is 8. The SMILES string of the molecule is CN1CCN(S(=O)(=O)c2ccc(-c3nccnc3C(=O)Nc3cccnc3)cc2OC(F)(F)F)CC1. The summed E-state index contributed by atoms with van der Waals surface area (Å²) in [6.45, 7) is 1.10. The van der Waals surface area contributed by atoms with Crippen molar-refractivity contribution in [1.82, 2.24) is 24.2 Å². The van der Waals surface area contributed by atoms with Crippen molar-refractivity contribution in [3.63, 3.8) is 0 Å². The summed E-state index contributed by atoms with van der Waals surface area (Å²) in [5, 5.41) is 2.58. The minimum absolute atomic E-state index is 0.0102. The molecule has 3 heterocycles. The van der Waals surface area contributed by atoms with E-state index in [0.717, 1.165) is 16.4 Å². The fourth-order valence-corrected chi connectivity index (χ4v) is 5.10. The number of carbonyl (C=O) groups excluding carboxylic acids is 1. The molecule has 0 bridgehead atoms. The van der Waals surface area contributed by atoms with Gasteiger partial charge in [0.1, 0.15) is 16.3 Å². The average molecular weight is 523 g/mol. The summed E-state index contributed by atoms with van der Waals surface area (Å²) in [6, 6.07) is 6.36. The zero-order valence-corrected chi connectivity index (χ0v) is 19.8. The molecule has 1 amide bonds. The molecule has 1 aliphatic heterocycles. The summed E-state index contributed by atoms with van der Waals surface area (Å²) in [5.74, 6) is -1.61. The molecule has 3 aromatic rings. The third-order valence-electron chi connectivity index (χ3n) is 5.36. The number of aromatic nitrogens is 3. The molecule has 0 spiro atoms. The third kappa shape index (κ3) is 5.78. The first-order chi connectivity index (χ1) is 17.0. The number of hydrogen-bond donors (Lipinski definition) is 1. The first-order valence-electron chi connectivity index (χ1n) is 10.7. The van der Waals surface area contributed by atoms with Crippen molar-refractivity contribution in [2.45, 2.75) is 11.3 Å². The molecule has 1 N–H and O–H groups in total. The van der Waals surface area contributed by atoms with E-state index in [0.29, 0.717) is 18.8 Å². The van der Waals surface area contributed by atoms with E-state index >= 15 is 0 Å². The van der Waals surface area contributed by atoms with Crippen molar-refractivity contribution in [1.29, 1.82) is 0 Å². The molecule has 4 rings (SSSR count). The van der Waals surface area contributed by atoms with Crippen molar-refractivity contribution in [2.75, 3.05) is 38.5 Å². The van der Waals surface area contributed by atoms with Crippen LogP contribution in [0.25, 0.3) is 11.3 Å². The van der Waals surface area contributed by atoms with E-state index in [-0.39, 0.29) is 30.0 Å². The predicted molar refractivity (Wildman–Crippen MR) is 123 cm³/mol. The first kappa shape index (κ1) is 25.5. The molecular weight excluding hydrogens is 501 g/mol. The van der Waals surface area contributed by atoms with Crippen molar-refractivity contribution in [3.05, 3.63) is 60.8 Å². The lowest BCUT2D eigenvalue weighted by molar-refractivity contribution is -0.275. The summed E-state index contributed by atoms with van der Waals surface area (Å²) in [5.41, 5.74) is 0.133. The van der Waals surface area contributed by atoms with E-state index < -0.39 is 32.9 Å². The second-order valence-corrected chi connectivity index (χ2v) is 9.77. The Labute approximate surface area is 204 Å². The molecular formula is C22H21F3N6O4S. The van der Waals surface area contributed by atoms with Gasteiger partial charge in [0.25, 0.3) is 5.91 Å². The second-order valence-electron chi connectivity index (χ2n) is 7.87. The fourth-order valence-electron chi connectivity index (χ4n) is 3.58. The standard InChI is InChI=1S/C22H21F3N6O4S/c1-30-9-11-31(12-10-30)36(33,34)18-5-4-15(13-17(18)35-22(23,24)25)19-20(28-8-7-27-19)21(32)29-16-3-2-6-26-14-16/h2-8,13-14H,9-12H2,1H3,(H,29,32). The van der Waals surface area contributed by atoms with Gasteiger partial charge >= 0.3 is 6.36 Å². The Morgan fingerprint density at radius 2 is 1.78 bits per heavy atom. The Bertz CT molecular complexity index is 1350. The number of pyridine rings is 1. The normalized spacial score (nSPS) is 15.4. The molecule has 190 valence electrons. The van der Waals surface area contributed by atoms with Crippen LogP contribution >= 0.6 is 0 Å². The topological polar surface area (TPSA) is 118 Å². The Hall–Kier alpha value is -3.62. The second kappa shape index (κ2) is 10.2. The highest BCUT2D eigenvalue weighted by molar-refractivity contribution is 7.89. The Morgan fingerprint density at radius 3 is 2.44 bits per heavy atom. The number of nitrogens with zero attached hydrogens (tertiary/aromatic N) is 5. The van der Waals surface area contributed by atoms with Gasteiger partial charge in [0, 0.05) is 50.3 Å². The number of benzene rings is 1. The van der Waals surface area contributed by atoms with Gasteiger partial charge in [0.2, 0.25) is 10.0 Å². The molecule has 1 aromatic carbocycles. The van der Waals surface area contributed by atoms with Gasteiger partial charge in [0.05, 0.1) is 11.9 Å². The van der Waals surface area contributed by atoms with E-state index in [2.05, 4.69) is 25.0 Å². The van der Waals surface area contributed by atoms with Crippen LogP contribution in [0.4, 0.5) is 18.9 Å². The van der Waals surface area contributed by atoms with Crippen LogP contribution in [-0.2, 0) is 10.0 Å². The lowest BCUT2D eigenvalue weighted by Crippen LogP contribution is -2.47. The molecule has 0 saturated carbocycles. The molecule has 0 aliphatic carbocycles. The number of likely N-dealkylation sites (N-methyl/N-ethyl adjacent to an activating group) is 1. The highest BCUT2D eigenvalue weighted by Gasteiger charge is 2.37. The fraction of sp³-hybridized carbons (Fsp3) is 0.273. The maximum atomic E-state index is 13.3. The molecule has 1 aliphatic rings. The first-order valence-corrected chi connectivity index (χ1v) is 12.1. The Balaban J connectivity index is 1.74. The van der Waals surface area contributed by atoms with Crippen LogP contribution < -0.4 is 10.1 Å². The number of ether oxygens (including phenoxy) is 1. The smallest absolute Gasteiger partial charge is 0.404 e. The number of piperazine rings is 1. The zero-order valence-electron chi connectivity index (χ0n) is 18.9. The van der Waals surface area contributed by atoms with E-state index in [1.807, 2.05) is 11.9 Å². The Morgan fingerprint density at radius 1 is 1.06 bits per heavy atom. The molecule has 0 atom stereocenters.